The molecule has 3 heterocycles. The predicted octanol–water partition coefficient (Wildman–Crippen LogP) is 4.27. The molecule has 1 aliphatic rings. The molecule has 0 saturated carbocycles. The Morgan fingerprint density at radius 1 is 1.04 bits per heavy atom. The van der Waals surface area contributed by atoms with Gasteiger partial charge in [-0.15, -0.1) is 0 Å². The molecule has 11 nitrogen and oxygen atoms in total. The standard InChI is InChI=1S/C33H33ClN6O5/c1-5-45-31-20(16-35-17-21-13-15-28(41)36-21)12-14-27(38-31)24-10-6-9-23(29(24)34)22-8-7-11-26(19(22)2)37-30(42)25-18-39(3)33(44)40(4)32(25)43/h6-12,14,17-18,35H,5,13,15-16H2,1-4H3,(H,36,41)(H,37,42)/b21-17+. The van der Waals surface area contributed by atoms with E-state index < -0.39 is 17.2 Å². The highest BCUT2D eigenvalue weighted by Crippen LogP contribution is 2.39. The second kappa shape index (κ2) is 13.2. The quantitative estimate of drug-likeness (QED) is 0.252. The predicted molar refractivity (Wildman–Crippen MR) is 173 cm³/mol. The Bertz CT molecular complexity index is 1960. The number of nitrogens with zero attached hydrogens (tertiary/aromatic N) is 3. The van der Waals surface area contributed by atoms with E-state index in [4.69, 9.17) is 21.3 Å². The largest absolute Gasteiger partial charge is 0.478 e. The highest BCUT2D eigenvalue weighted by Gasteiger charge is 2.19. The van der Waals surface area contributed by atoms with Crippen molar-refractivity contribution in [1.29, 1.82) is 0 Å². The number of hydrogen-bond donors (Lipinski definition) is 3. The molecule has 0 radical (unpaired) electrons. The first-order chi connectivity index (χ1) is 21.6. The van der Waals surface area contributed by atoms with Crippen LogP contribution >= 0.6 is 11.6 Å². The number of anilines is 1. The summed E-state index contributed by atoms with van der Waals surface area (Å²) in [6.07, 6.45) is 4.20. The highest BCUT2D eigenvalue weighted by molar-refractivity contribution is 6.36. The third kappa shape index (κ3) is 6.53. The number of amides is 2. The maximum Gasteiger partial charge on any atom is 0.330 e. The van der Waals surface area contributed by atoms with Crippen LogP contribution in [0.5, 0.6) is 5.88 Å². The monoisotopic (exact) mass is 628 g/mol. The van der Waals surface area contributed by atoms with Gasteiger partial charge in [0.1, 0.15) is 5.56 Å². The van der Waals surface area contributed by atoms with E-state index in [1.807, 2.05) is 50.2 Å². The molecule has 2 aromatic heterocycles. The first kappa shape index (κ1) is 31.3. The number of nitrogens with one attached hydrogen (secondary N) is 3. The van der Waals surface area contributed by atoms with Gasteiger partial charge in [-0.3, -0.25) is 19.0 Å². The maximum absolute atomic E-state index is 13.1. The number of hydrogen-bond acceptors (Lipinski definition) is 7. The van der Waals surface area contributed by atoms with Crippen LogP contribution in [-0.2, 0) is 25.4 Å². The molecule has 0 atom stereocenters. The molecular weight excluding hydrogens is 596 g/mol. The van der Waals surface area contributed by atoms with E-state index in [1.165, 1.54) is 24.9 Å². The van der Waals surface area contributed by atoms with Crippen molar-refractivity contribution in [3.8, 4) is 28.3 Å². The molecule has 1 aliphatic heterocycles. The number of allylic oxidation sites excluding steroid dienone is 1. The summed E-state index contributed by atoms with van der Waals surface area (Å²) in [5.41, 5.74) is 4.42. The number of ether oxygens (including phenoxy) is 1. The summed E-state index contributed by atoms with van der Waals surface area (Å²) in [7, 11) is 2.81. The molecule has 0 bridgehead atoms. The Hall–Kier alpha value is -5.16. The number of pyridine rings is 1. The Labute approximate surface area is 264 Å². The molecule has 1 saturated heterocycles. The molecule has 3 N–H and O–H groups in total. The zero-order valence-electron chi connectivity index (χ0n) is 25.4. The number of carbonyl (C=O) groups is 2. The molecule has 12 heteroatoms. The number of halogens is 1. The van der Waals surface area contributed by atoms with Crippen molar-refractivity contribution in [1.82, 2.24) is 24.8 Å². The van der Waals surface area contributed by atoms with E-state index in [1.54, 1.807) is 18.3 Å². The van der Waals surface area contributed by atoms with Crippen molar-refractivity contribution in [2.45, 2.75) is 33.2 Å². The summed E-state index contributed by atoms with van der Waals surface area (Å²) in [4.78, 5) is 54.0. The molecule has 0 aliphatic carbocycles. The first-order valence-corrected chi connectivity index (χ1v) is 14.8. The summed E-state index contributed by atoms with van der Waals surface area (Å²) in [6, 6.07) is 14.9. The van der Waals surface area contributed by atoms with Crippen molar-refractivity contribution >= 4 is 29.1 Å². The fraction of sp³-hybridized carbons (Fsp3) is 0.242. The Balaban J connectivity index is 1.43. The average Bonchev–Trinajstić information content (AvgIpc) is 3.44. The van der Waals surface area contributed by atoms with Crippen LogP contribution in [0.4, 0.5) is 5.69 Å². The van der Waals surface area contributed by atoms with Gasteiger partial charge in [0.15, 0.2) is 0 Å². The van der Waals surface area contributed by atoms with E-state index in [9.17, 15) is 19.2 Å². The van der Waals surface area contributed by atoms with Crippen LogP contribution in [0.25, 0.3) is 22.4 Å². The van der Waals surface area contributed by atoms with Crippen molar-refractivity contribution < 1.29 is 14.3 Å². The fourth-order valence-corrected chi connectivity index (χ4v) is 5.44. The average molecular weight is 629 g/mol. The molecule has 45 heavy (non-hydrogen) atoms. The molecule has 0 unspecified atom stereocenters. The van der Waals surface area contributed by atoms with Gasteiger partial charge in [0.25, 0.3) is 11.5 Å². The van der Waals surface area contributed by atoms with Gasteiger partial charge < -0.3 is 25.3 Å². The maximum atomic E-state index is 13.1. The Kier molecular flexibility index (Phi) is 9.19. The van der Waals surface area contributed by atoms with E-state index in [0.717, 1.165) is 32.5 Å². The summed E-state index contributed by atoms with van der Waals surface area (Å²) >= 11 is 7.01. The van der Waals surface area contributed by atoms with E-state index in [2.05, 4.69) is 16.0 Å². The lowest BCUT2D eigenvalue weighted by Crippen LogP contribution is -2.40. The summed E-state index contributed by atoms with van der Waals surface area (Å²) in [6.45, 7) is 4.63. The lowest BCUT2D eigenvalue weighted by Gasteiger charge is -2.16. The van der Waals surface area contributed by atoms with Gasteiger partial charge in [0.2, 0.25) is 11.8 Å². The number of carbonyl (C=O) groups excluding carboxylic acids is 2. The zero-order chi connectivity index (χ0) is 32.2. The number of aryl methyl sites for hydroxylation is 1. The highest BCUT2D eigenvalue weighted by atomic mass is 35.5. The van der Waals surface area contributed by atoms with Crippen LogP contribution < -0.4 is 31.9 Å². The van der Waals surface area contributed by atoms with Crippen LogP contribution in [0.15, 0.2) is 76.2 Å². The lowest BCUT2D eigenvalue weighted by atomic mass is 9.96. The lowest BCUT2D eigenvalue weighted by molar-refractivity contribution is -0.118. The SMILES string of the molecule is CCOc1nc(-c2cccc(-c3cccc(NC(=O)c4cn(C)c(=O)n(C)c4=O)c3C)c2Cl)ccc1CN/C=C1\CCC(=O)N1. The Morgan fingerprint density at radius 3 is 2.51 bits per heavy atom. The molecule has 1 fully saturated rings. The summed E-state index contributed by atoms with van der Waals surface area (Å²) in [5, 5.41) is 9.33. The van der Waals surface area contributed by atoms with E-state index in [0.29, 0.717) is 53.8 Å². The molecule has 232 valence electrons. The fourth-order valence-electron chi connectivity index (χ4n) is 5.11. The van der Waals surface area contributed by atoms with Gasteiger partial charge in [0, 0.05) is 67.5 Å². The van der Waals surface area contributed by atoms with Crippen molar-refractivity contribution in [2.24, 2.45) is 14.1 Å². The topological polar surface area (TPSA) is 136 Å². The molecule has 4 aromatic rings. The molecule has 0 spiro atoms. The normalized spacial score (nSPS) is 13.5. The van der Waals surface area contributed by atoms with Gasteiger partial charge >= 0.3 is 5.69 Å². The number of benzene rings is 2. The smallest absolute Gasteiger partial charge is 0.330 e. The van der Waals surface area contributed by atoms with Gasteiger partial charge in [-0.1, -0.05) is 41.9 Å². The van der Waals surface area contributed by atoms with Gasteiger partial charge in [-0.05, 0) is 49.6 Å². The summed E-state index contributed by atoms with van der Waals surface area (Å²) < 4.78 is 7.95. The van der Waals surface area contributed by atoms with Crippen LogP contribution in [-0.4, -0.2) is 32.5 Å². The van der Waals surface area contributed by atoms with Crippen LogP contribution in [0.3, 0.4) is 0 Å². The second-order valence-corrected chi connectivity index (χ2v) is 11.0. The third-order valence-corrected chi connectivity index (χ3v) is 7.96. The van der Waals surface area contributed by atoms with Crippen molar-refractivity contribution in [3.63, 3.8) is 0 Å². The number of rotatable bonds is 9. The van der Waals surface area contributed by atoms with E-state index >= 15 is 0 Å². The molecular formula is C33H33ClN6O5. The minimum Gasteiger partial charge on any atom is -0.478 e. The third-order valence-electron chi connectivity index (χ3n) is 7.55. The molecule has 5 rings (SSSR count). The van der Waals surface area contributed by atoms with Crippen molar-refractivity contribution in [3.05, 3.63) is 109 Å². The molecule has 2 aromatic carbocycles. The first-order valence-electron chi connectivity index (χ1n) is 14.4. The van der Waals surface area contributed by atoms with Gasteiger partial charge in [-0.25, -0.2) is 9.78 Å². The van der Waals surface area contributed by atoms with Crippen LogP contribution in [0.1, 0.15) is 41.3 Å². The number of aromatic nitrogens is 3. The Morgan fingerprint density at radius 2 is 1.78 bits per heavy atom. The van der Waals surface area contributed by atoms with Crippen LogP contribution in [0, 0.1) is 6.92 Å². The zero-order valence-corrected chi connectivity index (χ0v) is 26.1. The van der Waals surface area contributed by atoms with Crippen molar-refractivity contribution in [2.75, 3.05) is 11.9 Å². The van der Waals surface area contributed by atoms with Gasteiger partial charge in [0.05, 0.1) is 17.3 Å². The minimum atomic E-state index is -0.680. The van der Waals surface area contributed by atoms with Crippen LogP contribution in [0.2, 0.25) is 5.02 Å². The van der Waals surface area contributed by atoms with E-state index in [-0.39, 0.29) is 11.5 Å². The van der Waals surface area contributed by atoms with Gasteiger partial charge in [-0.2, -0.15) is 0 Å². The molecule has 2 amide bonds. The summed E-state index contributed by atoms with van der Waals surface area (Å²) in [5.74, 6) is -0.135. The second-order valence-electron chi connectivity index (χ2n) is 10.6. The minimum absolute atomic E-state index is 0.0169.